The zero-order chi connectivity index (χ0) is 13.1. The van der Waals surface area contributed by atoms with Gasteiger partial charge >= 0.3 is 0 Å². The molecule has 0 saturated heterocycles. The van der Waals surface area contributed by atoms with Gasteiger partial charge in [-0.05, 0) is 43.9 Å². The van der Waals surface area contributed by atoms with E-state index in [9.17, 15) is 0 Å². The molecule has 16 heavy (non-hydrogen) atoms. The lowest BCUT2D eigenvalue weighted by molar-refractivity contribution is -0.161. The first kappa shape index (κ1) is 11.0. The number of hydrogen-bond acceptors (Lipinski definition) is 2. The highest BCUT2D eigenvalue weighted by Gasteiger charge is 2.69. The van der Waals surface area contributed by atoms with Gasteiger partial charge in [0.05, 0.1) is 11.7 Å². The first-order valence-electron chi connectivity index (χ1n) is 6.81. The van der Waals surface area contributed by atoms with E-state index in [-0.39, 0.29) is 16.9 Å². The van der Waals surface area contributed by atoms with E-state index in [0.29, 0.717) is 11.8 Å². The molecule has 2 aliphatic carbocycles. The van der Waals surface area contributed by atoms with Crippen molar-refractivity contribution in [3.8, 4) is 0 Å². The van der Waals surface area contributed by atoms with Crippen molar-refractivity contribution >= 4 is 0 Å². The Labute approximate surface area is 101 Å². The van der Waals surface area contributed by atoms with Crippen LogP contribution in [0.25, 0.3) is 0 Å². The van der Waals surface area contributed by atoms with Crippen LogP contribution >= 0.6 is 0 Å². The summed E-state index contributed by atoms with van der Waals surface area (Å²) in [5, 5.41) is 5.09. The molecule has 1 N–H and O–H groups in total. The minimum atomic E-state index is -0.440. The Balaban J connectivity index is 2.46. The largest absolute Gasteiger partial charge is 0.390 e. The molecule has 94 valence electrons. The minimum absolute atomic E-state index is 0.00289. The standard InChI is InChI=1S/C14H26O2/c1-9-7-14(13(4,5)15)8-10(9)12(2,3)11(14)16-6/h9-11,15H,7-8H2,1-6H3/t9-,10?,11-,14?/m1/s1/i15T. The minimum Gasteiger partial charge on any atom is -0.390 e. The van der Waals surface area contributed by atoms with E-state index in [2.05, 4.69) is 20.8 Å². The normalized spacial score (nSPS) is 47.1. The molecule has 2 aliphatic rings. The third-order valence-electron chi connectivity index (χ3n) is 5.53. The van der Waals surface area contributed by atoms with Gasteiger partial charge in [0.15, 0.2) is 0 Å². The lowest BCUT2D eigenvalue weighted by atomic mass is 9.61. The highest BCUT2D eigenvalue weighted by molar-refractivity contribution is 5.18. The SMILES string of the molecule is [3H]OC(C)(C)C12CC([C@H](C)C1)C(C)(C)[C@H]2OC. The summed E-state index contributed by atoms with van der Waals surface area (Å²) in [5.74, 6) is 1.38. The van der Waals surface area contributed by atoms with Gasteiger partial charge < -0.3 is 9.85 Å². The molecule has 0 heterocycles. The molecule has 2 unspecified atom stereocenters. The smallest absolute Gasteiger partial charge is 0.211 e. The fourth-order valence-corrected chi connectivity index (χ4v) is 4.85. The molecular weight excluding hydrogens is 200 g/mol. The molecular formula is C14H26O2. The van der Waals surface area contributed by atoms with Crippen LogP contribution in [0.2, 0.25) is 0 Å². The maximum Gasteiger partial charge on any atom is 0.211 e. The maximum atomic E-state index is 7.42. The average Bonchev–Trinajstić information content (AvgIpc) is 2.68. The first-order chi connectivity index (χ1) is 7.73. The van der Waals surface area contributed by atoms with Crippen LogP contribution in [0.1, 0.15) is 47.5 Å². The summed E-state index contributed by atoms with van der Waals surface area (Å²) >= 11 is 0. The predicted molar refractivity (Wildman–Crippen MR) is 65.2 cm³/mol. The van der Waals surface area contributed by atoms with Gasteiger partial charge in [0, 0.05) is 12.5 Å². The van der Waals surface area contributed by atoms with Crippen LogP contribution in [0.3, 0.4) is 0 Å². The molecule has 0 aliphatic heterocycles. The van der Waals surface area contributed by atoms with Gasteiger partial charge in [-0.2, -0.15) is 0 Å². The van der Waals surface area contributed by atoms with Gasteiger partial charge in [-0.1, -0.05) is 20.8 Å². The van der Waals surface area contributed by atoms with E-state index in [1.807, 2.05) is 13.8 Å². The van der Waals surface area contributed by atoms with Crippen LogP contribution in [0.15, 0.2) is 0 Å². The number of hydrogen-bond donors (Lipinski definition) is 1. The predicted octanol–water partition coefficient (Wildman–Crippen LogP) is 2.84. The summed E-state index contributed by atoms with van der Waals surface area (Å²) in [6, 6.07) is 0. The maximum absolute atomic E-state index is 7.42. The summed E-state index contributed by atoms with van der Waals surface area (Å²) in [4.78, 5) is 0. The molecule has 4 atom stereocenters. The van der Waals surface area contributed by atoms with Crippen molar-refractivity contribution in [2.45, 2.75) is 59.2 Å². The van der Waals surface area contributed by atoms with E-state index in [1.165, 1.54) is 0 Å². The van der Waals surface area contributed by atoms with Gasteiger partial charge in [0.25, 0.3) is 0 Å². The van der Waals surface area contributed by atoms with E-state index in [0.717, 1.165) is 12.8 Å². The number of ether oxygens (including phenoxy) is 1. The Morgan fingerprint density at radius 2 is 2.00 bits per heavy atom. The van der Waals surface area contributed by atoms with Crippen LogP contribution in [-0.2, 0) is 4.74 Å². The van der Waals surface area contributed by atoms with E-state index >= 15 is 0 Å². The second-order valence-electron chi connectivity index (χ2n) is 7.10. The van der Waals surface area contributed by atoms with Gasteiger partial charge in [0.2, 0.25) is 1.43 Å². The number of fused-ring (bicyclic) bond motifs is 2. The zero-order valence-corrected chi connectivity index (χ0v) is 11.5. The third kappa shape index (κ3) is 1.26. The Morgan fingerprint density at radius 1 is 1.38 bits per heavy atom. The molecule has 0 radical (unpaired) electrons. The van der Waals surface area contributed by atoms with Gasteiger partial charge in [-0.25, -0.2) is 0 Å². The molecule has 0 aromatic carbocycles. The van der Waals surface area contributed by atoms with Crippen molar-refractivity contribution in [1.29, 1.82) is 1.43 Å². The van der Waals surface area contributed by atoms with E-state index in [4.69, 9.17) is 11.3 Å². The third-order valence-corrected chi connectivity index (χ3v) is 5.53. The molecule has 2 saturated carbocycles. The Kier molecular flexibility index (Phi) is 2.23. The summed E-state index contributed by atoms with van der Waals surface area (Å²) in [5.41, 5.74) is -0.260. The quantitative estimate of drug-likeness (QED) is 0.805. The first-order valence-corrected chi connectivity index (χ1v) is 6.40. The van der Waals surface area contributed by atoms with Crippen LogP contribution in [-0.4, -0.2) is 25.4 Å². The summed E-state index contributed by atoms with van der Waals surface area (Å²) in [7, 11) is 1.81. The topological polar surface area (TPSA) is 29.5 Å². The van der Waals surface area contributed by atoms with Crippen molar-refractivity contribution in [3.63, 3.8) is 0 Å². The number of rotatable bonds is 3. The molecule has 0 amide bonds. The molecule has 2 heteroatoms. The Hall–Kier alpha value is -0.0800. The second-order valence-corrected chi connectivity index (χ2v) is 7.10. The van der Waals surface area contributed by atoms with Crippen LogP contribution in [0.4, 0.5) is 0 Å². The van der Waals surface area contributed by atoms with Crippen molar-refractivity contribution in [2.75, 3.05) is 7.11 Å². The lowest BCUT2D eigenvalue weighted by Gasteiger charge is -2.50. The van der Waals surface area contributed by atoms with E-state index < -0.39 is 5.60 Å². The van der Waals surface area contributed by atoms with Gasteiger partial charge in [-0.15, -0.1) is 0 Å². The van der Waals surface area contributed by atoms with Crippen molar-refractivity contribution in [2.24, 2.45) is 22.7 Å². The fourth-order valence-electron chi connectivity index (χ4n) is 4.85. The molecule has 2 fully saturated rings. The zero-order valence-electron chi connectivity index (χ0n) is 12.5. The van der Waals surface area contributed by atoms with Gasteiger partial charge in [-0.3, -0.25) is 0 Å². The monoisotopic (exact) mass is 228 g/mol. The van der Waals surface area contributed by atoms with Crippen LogP contribution in [0, 0.1) is 22.7 Å². The van der Waals surface area contributed by atoms with Crippen LogP contribution in [0.5, 0.6) is 0 Å². The molecule has 0 spiro atoms. The second kappa shape index (κ2) is 3.23. The number of aliphatic hydroxyl groups is 1. The molecule has 0 aromatic rings. The van der Waals surface area contributed by atoms with Crippen molar-refractivity contribution < 1.29 is 9.85 Å². The van der Waals surface area contributed by atoms with E-state index in [1.54, 1.807) is 7.11 Å². The highest BCUT2D eigenvalue weighted by atomic mass is 16.5. The Bertz CT molecular complexity index is 313. The Morgan fingerprint density at radius 3 is 2.50 bits per heavy atom. The average molecular weight is 228 g/mol. The summed E-state index contributed by atoms with van der Waals surface area (Å²) < 4.78 is 13.3. The molecule has 2 rings (SSSR count). The fraction of sp³-hybridized carbons (Fsp3) is 1.00. The molecule has 0 aromatic heterocycles. The highest BCUT2D eigenvalue weighted by Crippen LogP contribution is 2.69. The molecule has 2 bridgehead atoms. The van der Waals surface area contributed by atoms with Gasteiger partial charge in [0.1, 0.15) is 0 Å². The van der Waals surface area contributed by atoms with Crippen LogP contribution < -0.4 is 0 Å². The number of methoxy groups -OCH3 is 1. The summed E-state index contributed by atoms with van der Waals surface area (Å²) in [6.45, 7) is 11.0. The lowest BCUT2D eigenvalue weighted by Crippen LogP contribution is -2.54. The van der Waals surface area contributed by atoms with Crippen molar-refractivity contribution in [3.05, 3.63) is 0 Å². The molecule has 2 nitrogen and oxygen atoms in total. The summed E-state index contributed by atoms with van der Waals surface area (Å²) in [6.07, 6.45) is 2.44. The van der Waals surface area contributed by atoms with Crippen molar-refractivity contribution in [1.82, 2.24) is 0 Å².